The van der Waals surface area contributed by atoms with Crippen LogP contribution in [0.2, 0.25) is 0 Å². The number of aromatic nitrogens is 3. The number of amides is 1. The third kappa shape index (κ3) is 2.63. The van der Waals surface area contributed by atoms with Crippen LogP contribution in [0.4, 0.5) is 0 Å². The minimum Gasteiger partial charge on any atom is -0.353 e. The number of rotatable bonds is 3. The van der Waals surface area contributed by atoms with Crippen LogP contribution in [-0.2, 0) is 18.3 Å². The van der Waals surface area contributed by atoms with Gasteiger partial charge in [-0.25, -0.2) is 4.98 Å². The summed E-state index contributed by atoms with van der Waals surface area (Å²) in [6, 6.07) is -0.188. The lowest BCUT2D eigenvalue weighted by atomic mass is 10.1. The van der Waals surface area contributed by atoms with Crippen molar-refractivity contribution in [2.75, 3.05) is 13.1 Å². The Morgan fingerprint density at radius 3 is 2.82 bits per heavy atom. The van der Waals surface area contributed by atoms with Crippen LogP contribution in [0, 0.1) is 0 Å². The highest BCUT2D eigenvalue weighted by Crippen LogP contribution is 2.10. The van der Waals surface area contributed by atoms with E-state index >= 15 is 0 Å². The van der Waals surface area contributed by atoms with Gasteiger partial charge < -0.3 is 10.6 Å². The number of carbonyl (C=O) groups excluding carboxylic acids is 1. The summed E-state index contributed by atoms with van der Waals surface area (Å²) in [5.41, 5.74) is 0. The summed E-state index contributed by atoms with van der Waals surface area (Å²) in [5, 5.41) is 10.4. The zero-order valence-corrected chi connectivity index (χ0v) is 10.5. The Hall–Kier alpha value is -1.43. The maximum absolute atomic E-state index is 11.6. The normalized spacial score (nSPS) is 20.7. The van der Waals surface area contributed by atoms with Crippen molar-refractivity contribution >= 4 is 5.91 Å². The van der Waals surface area contributed by atoms with Crippen molar-refractivity contribution in [2.45, 2.75) is 32.2 Å². The van der Waals surface area contributed by atoms with E-state index < -0.39 is 0 Å². The average Bonchev–Trinajstić information content (AvgIpc) is 2.64. The zero-order valence-electron chi connectivity index (χ0n) is 10.5. The lowest BCUT2D eigenvalue weighted by molar-refractivity contribution is -0.124. The number of nitrogens with zero attached hydrogens (tertiary/aromatic N) is 3. The molecule has 17 heavy (non-hydrogen) atoms. The van der Waals surface area contributed by atoms with Crippen LogP contribution in [0.15, 0.2) is 0 Å². The summed E-state index contributed by atoms with van der Waals surface area (Å²) in [6.07, 6.45) is 0.585. The topological polar surface area (TPSA) is 71.8 Å². The van der Waals surface area contributed by atoms with Gasteiger partial charge in [-0.3, -0.25) is 9.48 Å². The van der Waals surface area contributed by atoms with Gasteiger partial charge >= 0.3 is 0 Å². The SMILES string of the molecule is CC(C)c1nc(CC2NCCNC2=O)n(C)n1. The van der Waals surface area contributed by atoms with Gasteiger partial charge in [0.2, 0.25) is 5.91 Å². The molecule has 0 saturated carbocycles. The quantitative estimate of drug-likeness (QED) is 0.748. The van der Waals surface area contributed by atoms with Crippen molar-refractivity contribution in [1.29, 1.82) is 0 Å². The van der Waals surface area contributed by atoms with E-state index in [0.717, 1.165) is 18.2 Å². The molecule has 0 spiro atoms. The zero-order chi connectivity index (χ0) is 12.4. The number of carbonyl (C=O) groups is 1. The van der Waals surface area contributed by atoms with E-state index in [1.54, 1.807) is 4.68 Å². The molecule has 2 heterocycles. The fourth-order valence-electron chi connectivity index (χ4n) is 1.86. The molecule has 0 aromatic carbocycles. The lowest BCUT2D eigenvalue weighted by Crippen LogP contribution is -2.54. The first-order chi connectivity index (χ1) is 8.08. The van der Waals surface area contributed by atoms with Crippen molar-refractivity contribution in [3.8, 4) is 0 Å². The van der Waals surface area contributed by atoms with Crippen molar-refractivity contribution < 1.29 is 4.79 Å². The monoisotopic (exact) mass is 237 g/mol. The molecule has 1 atom stereocenters. The van der Waals surface area contributed by atoms with Crippen LogP contribution in [0.5, 0.6) is 0 Å². The molecular weight excluding hydrogens is 218 g/mol. The highest BCUT2D eigenvalue weighted by Gasteiger charge is 2.24. The van der Waals surface area contributed by atoms with E-state index in [0.29, 0.717) is 18.9 Å². The molecule has 2 N–H and O–H groups in total. The fourth-order valence-corrected chi connectivity index (χ4v) is 1.86. The van der Waals surface area contributed by atoms with Crippen LogP contribution in [0.3, 0.4) is 0 Å². The first kappa shape index (κ1) is 12.0. The molecule has 1 aliphatic rings. The fraction of sp³-hybridized carbons (Fsp3) is 0.727. The number of hydrogen-bond donors (Lipinski definition) is 2. The second-order valence-corrected chi connectivity index (χ2v) is 4.67. The van der Waals surface area contributed by atoms with Crippen LogP contribution in [0.1, 0.15) is 31.4 Å². The Morgan fingerprint density at radius 2 is 2.24 bits per heavy atom. The average molecular weight is 237 g/mol. The van der Waals surface area contributed by atoms with Crippen molar-refractivity contribution in [1.82, 2.24) is 25.4 Å². The third-order valence-electron chi connectivity index (χ3n) is 2.90. The first-order valence-corrected chi connectivity index (χ1v) is 5.99. The Kier molecular flexibility index (Phi) is 3.42. The molecule has 0 bridgehead atoms. The molecule has 6 heteroatoms. The van der Waals surface area contributed by atoms with Gasteiger partial charge in [-0.2, -0.15) is 5.10 Å². The van der Waals surface area contributed by atoms with Gasteiger partial charge in [0.25, 0.3) is 0 Å². The molecule has 0 aliphatic carbocycles. The second kappa shape index (κ2) is 4.83. The molecule has 1 aromatic heterocycles. The van der Waals surface area contributed by atoms with Crippen molar-refractivity contribution in [2.24, 2.45) is 7.05 Å². The van der Waals surface area contributed by atoms with Crippen LogP contribution in [0.25, 0.3) is 0 Å². The van der Waals surface area contributed by atoms with Crippen LogP contribution in [-0.4, -0.2) is 39.8 Å². The number of piperazine rings is 1. The van der Waals surface area contributed by atoms with Crippen molar-refractivity contribution in [3.63, 3.8) is 0 Å². The maximum atomic E-state index is 11.6. The van der Waals surface area contributed by atoms with E-state index in [1.165, 1.54) is 0 Å². The number of hydrogen-bond acceptors (Lipinski definition) is 4. The summed E-state index contributed by atoms with van der Waals surface area (Å²) < 4.78 is 1.76. The molecule has 2 rings (SSSR count). The smallest absolute Gasteiger partial charge is 0.237 e. The molecule has 1 aliphatic heterocycles. The highest BCUT2D eigenvalue weighted by molar-refractivity contribution is 5.82. The van der Waals surface area contributed by atoms with Crippen molar-refractivity contribution in [3.05, 3.63) is 11.6 Å². The third-order valence-corrected chi connectivity index (χ3v) is 2.90. The number of nitrogens with one attached hydrogen (secondary N) is 2. The molecule has 1 saturated heterocycles. The minimum atomic E-state index is -0.188. The Labute approximate surface area is 101 Å². The largest absolute Gasteiger partial charge is 0.353 e. The van der Waals surface area contributed by atoms with Gasteiger partial charge in [0.05, 0.1) is 6.04 Å². The van der Waals surface area contributed by atoms with E-state index in [2.05, 4.69) is 34.6 Å². The molecule has 1 fully saturated rings. The summed E-state index contributed by atoms with van der Waals surface area (Å²) in [5.74, 6) is 2.04. The van der Waals surface area contributed by atoms with E-state index in [9.17, 15) is 4.79 Å². The number of aryl methyl sites for hydroxylation is 1. The molecule has 1 unspecified atom stereocenters. The molecule has 1 amide bonds. The summed E-state index contributed by atoms with van der Waals surface area (Å²) in [4.78, 5) is 16.1. The van der Waals surface area contributed by atoms with E-state index in [4.69, 9.17) is 0 Å². The van der Waals surface area contributed by atoms with Gasteiger partial charge in [0.15, 0.2) is 5.82 Å². The maximum Gasteiger partial charge on any atom is 0.237 e. The Balaban J connectivity index is 2.09. The molecule has 6 nitrogen and oxygen atoms in total. The highest BCUT2D eigenvalue weighted by atomic mass is 16.2. The first-order valence-electron chi connectivity index (χ1n) is 5.99. The molecular formula is C11H19N5O. The van der Waals surface area contributed by atoms with Crippen LogP contribution < -0.4 is 10.6 Å². The van der Waals surface area contributed by atoms with Gasteiger partial charge in [-0.15, -0.1) is 0 Å². The van der Waals surface area contributed by atoms with Gasteiger partial charge in [-0.05, 0) is 0 Å². The predicted molar refractivity (Wildman–Crippen MR) is 63.6 cm³/mol. The van der Waals surface area contributed by atoms with E-state index in [-0.39, 0.29) is 11.9 Å². The second-order valence-electron chi connectivity index (χ2n) is 4.67. The van der Waals surface area contributed by atoms with Crippen LogP contribution >= 0.6 is 0 Å². The summed E-state index contributed by atoms with van der Waals surface area (Å²) in [6.45, 7) is 5.63. The molecule has 94 valence electrons. The summed E-state index contributed by atoms with van der Waals surface area (Å²) in [7, 11) is 1.87. The summed E-state index contributed by atoms with van der Waals surface area (Å²) >= 11 is 0. The van der Waals surface area contributed by atoms with Gasteiger partial charge in [0, 0.05) is 32.5 Å². The minimum absolute atomic E-state index is 0.0466. The Morgan fingerprint density at radius 1 is 1.47 bits per heavy atom. The standard InChI is InChI=1S/C11H19N5O/c1-7(2)10-14-9(16(3)15-10)6-8-11(17)13-5-4-12-8/h7-8,12H,4-6H2,1-3H3,(H,13,17). The molecule has 0 radical (unpaired) electrons. The van der Waals surface area contributed by atoms with E-state index in [1.807, 2.05) is 7.05 Å². The van der Waals surface area contributed by atoms with Gasteiger partial charge in [-0.1, -0.05) is 13.8 Å². The lowest BCUT2D eigenvalue weighted by Gasteiger charge is -2.22. The predicted octanol–water partition coefficient (Wildman–Crippen LogP) is -0.431. The molecule has 1 aromatic rings. The van der Waals surface area contributed by atoms with Gasteiger partial charge in [0.1, 0.15) is 5.82 Å². The Bertz CT molecular complexity index is 412.